The van der Waals surface area contributed by atoms with Crippen LogP contribution >= 0.6 is 0 Å². The summed E-state index contributed by atoms with van der Waals surface area (Å²) in [4.78, 5) is 0.0314. The van der Waals surface area contributed by atoms with Gasteiger partial charge in [0.25, 0.3) is 10.0 Å². The van der Waals surface area contributed by atoms with E-state index in [2.05, 4.69) is 19.7 Å². The van der Waals surface area contributed by atoms with E-state index in [0.717, 1.165) is 0 Å². The summed E-state index contributed by atoms with van der Waals surface area (Å²) < 4.78 is 30.5. The van der Waals surface area contributed by atoms with Crippen LogP contribution in [0.1, 0.15) is 11.3 Å². The molecule has 0 atom stereocenters. The zero-order valence-electron chi connectivity index (χ0n) is 9.28. The lowest BCUT2D eigenvalue weighted by Gasteiger charge is -2.04. The molecule has 92 valence electrons. The summed E-state index contributed by atoms with van der Waals surface area (Å²) in [6, 6.07) is 7.42. The first-order valence-electron chi connectivity index (χ1n) is 4.85. The van der Waals surface area contributed by atoms with Crippen LogP contribution < -0.4 is 4.72 Å². The van der Waals surface area contributed by atoms with Crippen molar-refractivity contribution in [1.82, 2.24) is 10.3 Å². The van der Waals surface area contributed by atoms with Gasteiger partial charge in [0.1, 0.15) is 5.69 Å². The van der Waals surface area contributed by atoms with Crippen LogP contribution in [0.4, 0.5) is 5.82 Å². The molecule has 1 aromatic heterocycles. The quantitative estimate of drug-likeness (QED) is 0.887. The van der Waals surface area contributed by atoms with Crippen LogP contribution in [0.5, 0.6) is 0 Å². The van der Waals surface area contributed by atoms with Gasteiger partial charge in [-0.15, -0.1) is 0 Å². The monoisotopic (exact) mass is 264 g/mol. The number of aromatic nitrogens is 2. The standard InChI is InChI=1S/C10H8N4O3S/c1-7-10(13-17-12-7)14-18(15,16)9-4-2-8(6-11)3-5-9/h2-5H,1H3,(H,13,14). The highest BCUT2D eigenvalue weighted by molar-refractivity contribution is 7.92. The third-order valence-electron chi connectivity index (χ3n) is 2.18. The second-order valence-corrected chi connectivity index (χ2v) is 5.12. The number of rotatable bonds is 3. The van der Waals surface area contributed by atoms with E-state index in [1.165, 1.54) is 24.3 Å². The molecule has 0 saturated heterocycles. The molecule has 0 saturated carbocycles. The molecular formula is C10H8N4O3S. The maximum absolute atomic E-state index is 11.9. The average Bonchev–Trinajstić information content (AvgIpc) is 2.74. The van der Waals surface area contributed by atoms with E-state index in [1.54, 1.807) is 6.92 Å². The number of nitrogens with zero attached hydrogens (tertiary/aromatic N) is 3. The molecule has 7 nitrogen and oxygen atoms in total. The van der Waals surface area contributed by atoms with Gasteiger partial charge in [0.05, 0.1) is 16.5 Å². The fourth-order valence-corrected chi connectivity index (χ4v) is 2.27. The number of nitrogens with one attached hydrogen (secondary N) is 1. The molecule has 8 heteroatoms. The molecule has 0 aliphatic heterocycles. The lowest BCUT2D eigenvalue weighted by atomic mass is 10.2. The number of anilines is 1. The molecule has 0 aliphatic rings. The molecule has 1 N–H and O–H groups in total. The van der Waals surface area contributed by atoms with Crippen molar-refractivity contribution in [2.24, 2.45) is 0 Å². The van der Waals surface area contributed by atoms with Crippen molar-refractivity contribution in [2.75, 3.05) is 4.72 Å². The van der Waals surface area contributed by atoms with Gasteiger partial charge in [0.15, 0.2) is 0 Å². The maximum atomic E-state index is 11.9. The number of nitriles is 1. The SMILES string of the molecule is Cc1nonc1NS(=O)(=O)c1ccc(C#N)cc1. The van der Waals surface area contributed by atoms with Gasteiger partial charge in [-0.2, -0.15) is 5.26 Å². The molecule has 0 aliphatic carbocycles. The van der Waals surface area contributed by atoms with Gasteiger partial charge < -0.3 is 0 Å². The fourth-order valence-electron chi connectivity index (χ4n) is 1.22. The largest absolute Gasteiger partial charge is 0.263 e. The highest BCUT2D eigenvalue weighted by Gasteiger charge is 2.17. The number of hydrogen-bond acceptors (Lipinski definition) is 6. The van der Waals surface area contributed by atoms with E-state index in [-0.39, 0.29) is 10.7 Å². The Morgan fingerprint density at radius 1 is 1.28 bits per heavy atom. The van der Waals surface area contributed by atoms with Gasteiger partial charge in [-0.1, -0.05) is 5.16 Å². The topological polar surface area (TPSA) is 109 Å². The molecule has 0 radical (unpaired) electrons. The number of sulfonamides is 1. The molecule has 0 bridgehead atoms. The molecule has 18 heavy (non-hydrogen) atoms. The summed E-state index contributed by atoms with van der Waals surface area (Å²) in [5.74, 6) is 0.0411. The lowest BCUT2D eigenvalue weighted by molar-refractivity contribution is 0.306. The summed E-state index contributed by atoms with van der Waals surface area (Å²) in [7, 11) is -3.75. The number of hydrogen-bond donors (Lipinski definition) is 1. The highest BCUT2D eigenvalue weighted by atomic mass is 32.2. The van der Waals surface area contributed by atoms with E-state index in [1.807, 2.05) is 6.07 Å². The van der Waals surface area contributed by atoms with E-state index in [4.69, 9.17) is 5.26 Å². The Balaban J connectivity index is 2.31. The van der Waals surface area contributed by atoms with E-state index in [9.17, 15) is 8.42 Å². The third-order valence-corrected chi connectivity index (χ3v) is 3.53. The lowest BCUT2D eigenvalue weighted by Crippen LogP contribution is -2.13. The third kappa shape index (κ3) is 2.31. The van der Waals surface area contributed by atoms with E-state index >= 15 is 0 Å². The number of benzene rings is 1. The van der Waals surface area contributed by atoms with E-state index < -0.39 is 10.0 Å². The molecule has 0 unspecified atom stereocenters. The van der Waals surface area contributed by atoms with Crippen molar-refractivity contribution >= 4 is 15.8 Å². The van der Waals surface area contributed by atoms with E-state index in [0.29, 0.717) is 11.3 Å². The van der Waals surface area contributed by atoms with Gasteiger partial charge in [-0.3, -0.25) is 4.72 Å². The summed E-state index contributed by atoms with van der Waals surface area (Å²) in [5.41, 5.74) is 0.723. The highest BCUT2D eigenvalue weighted by Crippen LogP contribution is 2.16. The minimum atomic E-state index is -3.75. The summed E-state index contributed by atoms with van der Waals surface area (Å²) in [6.45, 7) is 1.56. The molecule has 1 aromatic carbocycles. The Labute approximate surface area is 103 Å². The van der Waals surface area contributed by atoms with Crippen LogP contribution in [0, 0.1) is 18.3 Å². The minimum absolute atomic E-state index is 0.0314. The predicted molar refractivity (Wildman–Crippen MR) is 61.0 cm³/mol. The molecule has 1 heterocycles. The minimum Gasteiger partial charge on any atom is -0.259 e. The van der Waals surface area contributed by atoms with Crippen molar-refractivity contribution in [1.29, 1.82) is 5.26 Å². The molecule has 0 fully saturated rings. The fraction of sp³-hybridized carbons (Fsp3) is 0.100. The molecule has 0 amide bonds. The first-order valence-corrected chi connectivity index (χ1v) is 6.33. The second kappa shape index (κ2) is 4.46. The zero-order valence-corrected chi connectivity index (χ0v) is 10.1. The van der Waals surface area contributed by atoms with Crippen LogP contribution in [0.15, 0.2) is 33.8 Å². The smallest absolute Gasteiger partial charge is 0.259 e. The molecule has 2 rings (SSSR count). The summed E-state index contributed by atoms with van der Waals surface area (Å²) in [5, 5.41) is 15.5. The molecule has 2 aromatic rings. The Morgan fingerprint density at radius 3 is 2.44 bits per heavy atom. The van der Waals surface area contributed by atoms with Gasteiger partial charge in [0, 0.05) is 0 Å². The van der Waals surface area contributed by atoms with Crippen molar-refractivity contribution in [2.45, 2.75) is 11.8 Å². The van der Waals surface area contributed by atoms with Crippen LogP contribution in [-0.4, -0.2) is 18.7 Å². The van der Waals surface area contributed by atoms with Gasteiger partial charge >= 0.3 is 0 Å². The first kappa shape index (κ1) is 12.1. The van der Waals surface area contributed by atoms with Crippen LogP contribution in [0.3, 0.4) is 0 Å². The van der Waals surface area contributed by atoms with Gasteiger partial charge in [-0.25, -0.2) is 13.0 Å². The Hall–Kier alpha value is -2.40. The summed E-state index contributed by atoms with van der Waals surface area (Å²) in [6.07, 6.45) is 0. The number of aryl methyl sites for hydroxylation is 1. The van der Waals surface area contributed by atoms with Crippen LogP contribution in [0.25, 0.3) is 0 Å². The van der Waals surface area contributed by atoms with Gasteiger partial charge in [0.2, 0.25) is 5.82 Å². The zero-order chi connectivity index (χ0) is 13.2. The van der Waals surface area contributed by atoms with Crippen molar-refractivity contribution in [3.8, 4) is 6.07 Å². The van der Waals surface area contributed by atoms with Crippen molar-refractivity contribution in [3.63, 3.8) is 0 Å². The predicted octanol–water partition coefficient (Wildman–Crippen LogP) is 1.05. The summed E-state index contributed by atoms with van der Waals surface area (Å²) >= 11 is 0. The van der Waals surface area contributed by atoms with Gasteiger partial charge in [-0.05, 0) is 36.3 Å². The Kier molecular flexibility index (Phi) is 2.99. The van der Waals surface area contributed by atoms with Crippen LogP contribution in [0.2, 0.25) is 0 Å². The van der Waals surface area contributed by atoms with Crippen molar-refractivity contribution in [3.05, 3.63) is 35.5 Å². The molecule has 0 spiro atoms. The molecular weight excluding hydrogens is 256 g/mol. The van der Waals surface area contributed by atoms with Crippen molar-refractivity contribution < 1.29 is 13.0 Å². The van der Waals surface area contributed by atoms with Crippen LogP contribution in [-0.2, 0) is 10.0 Å². The Bertz CT molecular complexity index is 697. The first-order chi connectivity index (χ1) is 8.53. The maximum Gasteiger partial charge on any atom is 0.263 e. The second-order valence-electron chi connectivity index (χ2n) is 3.44. The normalized spacial score (nSPS) is 10.9. The average molecular weight is 264 g/mol. The Morgan fingerprint density at radius 2 is 1.94 bits per heavy atom.